The van der Waals surface area contributed by atoms with Gasteiger partial charge in [0.2, 0.25) is 0 Å². The van der Waals surface area contributed by atoms with E-state index < -0.39 is 50.7 Å². The van der Waals surface area contributed by atoms with Crippen LogP contribution in [-0.4, -0.2) is 66.3 Å². The molecule has 1 aromatic rings. The van der Waals surface area contributed by atoms with Crippen LogP contribution in [0.25, 0.3) is 6.08 Å². The highest BCUT2D eigenvalue weighted by atomic mass is 32.2. The van der Waals surface area contributed by atoms with Crippen LogP contribution < -0.4 is 0 Å². The molecule has 0 spiro atoms. The third-order valence-electron chi connectivity index (χ3n) is 2.89. The van der Waals surface area contributed by atoms with Crippen LogP contribution in [0.4, 0.5) is 0 Å². The molecule has 0 aliphatic heterocycles. The fourth-order valence-corrected chi connectivity index (χ4v) is 2.69. The van der Waals surface area contributed by atoms with Crippen molar-refractivity contribution in [3.63, 3.8) is 0 Å². The van der Waals surface area contributed by atoms with Crippen molar-refractivity contribution in [2.24, 2.45) is 0 Å². The van der Waals surface area contributed by atoms with Crippen molar-refractivity contribution < 1.29 is 30.7 Å². The van der Waals surface area contributed by atoms with E-state index in [9.17, 15) is 21.6 Å². The largest absolute Gasteiger partial charge is 0.335 e. The smallest absolute Gasteiger partial charge is 0.272 e. The van der Waals surface area contributed by atoms with Crippen LogP contribution in [0.2, 0.25) is 0 Å². The Balaban J connectivity index is 3.02. The number of pyridine rings is 1. The number of hydrogen-bond donors (Lipinski definition) is 2. The third-order valence-corrected chi connectivity index (χ3v) is 4.28. The molecule has 9 nitrogen and oxygen atoms in total. The Morgan fingerprint density at radius 1 is 1.17 bits per heavy atom. The van der Waals surface area contributed by atoms with Crippen LogP contribution in [0.15, 0.2) is 24.4 Å². The summed E-state index contributed by atoms with van der Waals surface area (Å²) < 4.78 is 61.0. The van der Waals surface area contributed by atoms with Crippen LogP contribution >= 0.6 is 0 Å². The van der Waals surface area contributed by atoms with Crippen molar-refractivity contribution >= 4 is 32.2 Å². The first-order valence-electron chi connectivity index (χ1n) is 6.80. The highest BCUT2D eigenvalue weighted by Crippen LogP contribution is 2.08. The Morgan fingerprint density at radius 3 is 2.17 bits per heavy atom. The fourth-order valence-electron chi connectivity index (χ4n) is 1.79. The van der Waals surface area contributed by atoms with Crippen LogP contribution in [0.3, 0.4) is 0 Å². The normalized spacial score (nSPS) is 12.5. The molecule has 0 aliphatic carbocycles. The lowest BCUT2D eigenvalue weighted by Crippen LogP contribution is -2.38. The summed E-state index contributed by atoms with van der Waals surface area (Å²) in [6.45, 7) is 0.901. The molecule has 24 heavy (non-hydrogen) atoms. The molecule has 0 saturated carbocycles. The molecule has 1 rings (SSSR count). The summed E-state index contributed by atoms with van der Waals surface area (Å²) in [5.74, 6) is -2.24. The SMILES string of the molecule is C/C=C/c1ccnc(C(=O)N(CCS(=O)(=O)O)CCS(=O)(=O)O)c1. The molecule has 2 N–H and O–H groups in total. The lowest BCUT2D eigenvalue weighted by atomic mass is 10.2. The molecule has 0 radical (unpaired) electrons. The van der Waals surface area contributed by atoms with Gasteiger partial charge in [-0.2, -0.15) is 16.8 Å². The van der Waals surface area contributed by atoms with E-state index >= 15 is 0 Å². The van der Waals surface area contributed by atoms with Crippen molar-refractivity contribution in [1.29, 1.82) is 0 Å². The lowest BCUT2D eigenvalue weighted by molar-refractivity contribution is 0.0768. The molecule has 0 aliphatic rings. The summed E-state index contributed by atoms with van der Waals surface area (Å²) in [6, 6.07) is 3.10. The molecule has 1 aromatic heterocycles. The maximum Gasteiger partial charge on any atom is 0.272 e. The van der Waals surface area contributed by atoms with Gasteiger partial charge >= 0.3 is 0 Å². The second-order valence-corrected chi connectivity index (χ2v) is 7.98. The molecule has 0 fully saturated rings. The van der Waals surface area contributed by atoms with Crippen molar-refractivity contribution in [3.8, 4) is 0 Å². The summed E-state index contributed by atoms with van der Waals surface area (Å²) in [4.78, 5) is 17.2. The topological polar surface area (TPSA) is 142 Å². The highest BCUT2D eigenvalue weighted by Gasteiger charge is 2.21. The van der Waals surface area contributed by atoms with E-state index in [0.29, 0.717) is 5.56 Å². The Bertz CT molecular complexity index is 780. The second-order valence-electron chi connectivity index (χ2n) is 4.84. The molecule has 0 bridgehead atoms. The van der Waals surface area contributed by atoms with E-state index in [1.54, 1.807) is 25.1 Å². The lowest BCUT2D eigenvalue weighted by Gasteiger charge is -2.21. The standard InChI is InChI=1S/C13H18N2O7S2/c1-2-3-11-4-5-14-12(10-11)13(16)15(6-8-23(17,18)19)7-9-24(20,21)22/h2-5,10H,6-9H2,1H3,(H,17,18,19)(H,20,21,22)/b3-2+. The number of aromatic nitrogens is 1. The van der Waals surface area contributed by atoms with E-state index in [2.05, 4.69) is 4.98 Å². The van der Waals surface area contributed by atoms with Gasteiger partial charge in [-0.05, 0) is 24.6 Å². The summed E-state index contributed by atoms with van der Waals surface area (Å²) in [5, 5.41) is 0. The van der Waals surface area contributed by atoms with E-state index in [1.807, 2.05) is 0 Å². The molecule has 0 unspecified atom stereocenters. The number of rotatable bonds is 8. The first-order chi connectivity index (χ1) is 11.0. The van der Waals surface area contributed by atoms with E-state index in [-0.39, 0.29) is 5.69 Å². The molecule has 0 aromatic carbocycles. The van der Waals surface area contributed by atoms with Gasteiger partial charge in [0.05, 0.1) is 11.5 Å². The van der Waals surface area contributed by atoms with Crippen LogP contribution in [0.5, 0.6) is 0 Å². The number of hydrogen-bond acceptors (Lipinski definition) is 6. The predicted octanol–water partition coefficient (Wildman–Crippen LogP) is 0.333. The third kappa shape index (κ3) is 7.64. The van der Waals surface area contributed by atoms with Crippen LogP contribution in [0.1, 0.15) is 23.0 Å². The molecule has 11 heteroatoms. The summed E-state index contributed by atoms with van der Waals surface area (Å²) >= 11 is 0. The first-order valence-corrected chi connectivity index (χ1v) is 10.0. The summed E-state index contributed by atoms with van der Waals surface area (Å²) in [6.07, 6.45) is 4.85. The average Bonchev–Trinajstić information content (AvgIpc) is 2.45. The second kappa shape index (κ2) is 8.33. The number of carbonyl (C=O) groups excluding carboxylic acids is 1. The number of allylic oxidation sites excluding steroid dienone is 1. The molecule has 134 valence electrons. The minimum Gasteiger partial charge on any atom is -0.335 e. The van der Waals surface area contributed by atoms with Crippen LogP contribution in [-0.2, 0) is 20.2 Å². The van der Waals surface area contributed by atoms with Crippen molar-refractivity contribution in [1.82, 2.24) is 9.88 Å². The molecule has 0 atom stereocenters. The zero-order valence-corrected chi connectivity index (χ0v) is 14.5. The Kier molecular flexibility index (Phi) is 7.02. The Morgan fingerprint density at radius 2 is 1.71 bits per heavy atom. The fraction of sp³-hybridized carbons (Fsp3) is 0.385. The van der Waals surface area contributed by atoms with Gasteiger partial charge in [0.15, 0.2) is 0 Å². The van der Waals surface area contributed by atoms with Gasteiger partial charge in [0, 0.05) is 19.3 Å². The van der Waals surface area contributed by atoms with Gasteiger partial charge in [-0.15, -0.1) is 0 Å². The van der Waals surface area contributed by atoms with Gasteiger partial charge in [-0.25, -0.2) is 0 Å². The molecular weight excluding hydrogens is 360 g/mol. The first kappa shape index (κ1) is 20.2. The van der Waals surface area contributed by atoms with Gasteiger partial charge < -0.3 is 4.90 Å². The zero-order valence-electron chi connectivity index (χ0n) is 12.9. The summed E-state index contributed by atoms with van der Waals surface area (Å²) in [5.41, 5.74) is 0.664. The molecule has 0 saturated heterocycles. The predicted molar refractivity (Wildman–Crippen MR) is 87.7 cm³/mol. The quantitative estimate of drug-likeness (QED) is 0.616. The summed E-state index contributed by atoms with van der Waals surface area (Å²) in [7, 11) is -8.69. The molecule has 1 heterocycles. The van der Waals surface area contributed by atoms with Crippen molar-refractivity contribution in [2.45, 2.75) is 6.92 Å². The Labute approximate surface area is 140 Å². The maximum atomic E-state index is 12.4. The van der Waals surface area contributed by atoms with Gasteiger partial charge in [0.1, 0.15) is 5.69 Å². The highest BCUT2D eigenvalue weighted by molar-refractivity contribution is 7.86. The van der Waals surface area contributed by atoms with E-state index in [4.69, 9.17) is 9.11 Å². The molecular formula is C13H18N2O7S2. The number of nitrogens with zero attached hydrogens (tertiary/aromatic N) is 2. The maximum absolute atomic E-state index is 12.4. The van der Waals surface area contributed by atoms with Gasteiger partial charge in [-0.3, -0.25) is 18.9 Å². The monoisotopic (exact) mass is 378 g/mol. The average molecular weight is 378 g/mol. The number of amides is 1. The minimum atomic E-state index is -4.34. The van der Waals surface area contributed by atoms with Gasteiger partial charge in [0.25, 0.3) is 26.1 Å². The van der Waals surface area contributed by atoms with E-state index in [0.717, 1.165) is 4.90 Å². The van der Waals surface area contributed by atoms with Crippen molar-refractivity contribution in [3.05, 3.63) is 35.7 Å². The van der Waals surface area contributed by atoms with E-state index in [1.165, 1.54) is 12.3 Å². The zero-order chi connectivity index (χ0) is 18.4. The number of carbonyl (C=O) groups is 1. The van der Waals surface area contributed by atoms with Crippen LogP contribution in [0, 0.1) is 0 Å². The Hall–Kier alpha value is -1.82. The van der Waals surface area contributed by atoms with Gasteiger partial charge in [-0.1, -0.05) is 12.2 Å². The van der Waals surface area contributed by atoms with Crippen molar-refractivity contribution in [2.75, 3.05) is 24.6 Å². The minimum absolute atomic E-state index is 0.0173. The molecule has 1 amide bonds.